The van der Waals surface area contributed by atoms with E-state index in [4.69, 9.17) is 5.26 Å². The summed E-state index contributed by atoms with van der Waals surface area (Å²) in [6.45, 7) is 1.77. The van der Waals surface area contributed by atoms with Crippen LogP contribution in [0.25, 0.3) is 16.8 Å². The van der Waals surface area contributed by atoms with Crippen molar-refractivity contribution < 1.29 is 14.3 Å². The third kappa shape index (κ3) is 3.70. The molecule has 0 unspecified atom stereocenters. The number of carbonyl (C=O) groups excluding carboxylic acids is 2. The van der Waals surface area contributed by atoms with Crippen LogP contribution in [0.1, 0.15) is 12.5 Å². The molecule has 0 saturated carbocycles. The maximum atomic E-state index is 11.8. The van der Waals surface area contributed by atoms with Gasteiger partial charge in [-0.15, -0.1) is 0 Å². The van der Waals surface area contributed by atoms with E-state index < -0.39 is 12.0 Å². The van der Waals surface area contributed by atoms with Gasteiger partial charge in [0.2, 0.25) is 0 Å². The minimum atomic E-state index is -0.868. The number of nitrogens with one attached hydrogen (secondary N) is 1. The third-order valence-electron chi connectivity index (χ3n) is 2.94. The van der Waals surface area contributed by atoms with Crippen molar-refractivity contribution in [3.05, 3.63) is 53.6 Å². The highest BCUT2D eigenvalue weighted by Crippen LogP contribution is 2.17. The van der Waals surface area contributed by atoms with Crippen molar-refractivity contribution in [1.29, 1.82) is 5.26 Å². The second-order valence-electron chi connectivity index (χ2n) is 4.45. The smallest absolute Gasteiger partial charge is 0.414 e. The molecule has 0 fully saturated rings. The lowest BCUT2D eigenvalue weighted by Crippen LogP contribution is -2.31. The zero-order chi connectivity index (χ0) is 15.9. The van der Waals surface area contributed by atoms with Gasteiger partial charge in [0.15, 0.2) is 0 Å². The molecule has 0 aromatic heterocycles. The van der Waals surface area contributed by atoms with E-state index in [-0.39, 0.29) is 12.2 Å². The fraction of sp³-hybridized carbons (Fsp3) is 0.118. The van der Waals surface area contributed by atoms with Crippen LogP contribution in [-0.4, -0.2) is 18.6 Å². The van der Waals surface area contributed by atoms with Gasteiger partial charge in [0, 0.05) is 0 Å². The number of imide groups is 1. The topological polar surface area (TPSA) is 79.2 Å². The van der Waals surface area contributed by atoms with Crippen LogP contribution in [-0.2, 0) is 9.53 Å². The number of ether oxygens (including phenoxy) is 1. The molecule has 5 heteroatoms. The molecule has 5 nitrogen and oxygen atoms in total. The minimum absolute atomic E-state index is 0.148. The molecule has 0 heterocycles. The summed E-state index contributed by atoms with van der Waals surface area (Å²) < 4.78 is 4.61. The third-order valence-corrected chi connectivity index (χ3v) is 2.94. The second kappa shape index (κ2) is 7.04. The zero-order valence-corrected chi connectivity index (χ0v) is 12.0. The lowest BCUT2D eigenvalue weighted by molar-refractivity contribution is -0.116. The van der Waals surface area contributed by atoms with E-state index >= 15 is 0 Å². The summed E-state index contributed by atoms with van der Waals surface area (Å²) in [6, 6.07) is 15.1. The first-order chi connectivity index (χ1) is 10.6. The summed E-state index contributed by atoms with van der Waals surface area (Å²) in [5, 5.41) is 13.1. The molecule has 0 aliphatic rings. The summed E-state index contributed by atoms with van der Waals surface area (Å²) in [5.74, 6) is -0.783. The first kappa shape index (κ1) is 15.3. The van der Waals surface area contributed by atoms with Crippen LogP contribution < -0.4 is 5.32 Å². The number of rotatable bonds is 3. The van der Waals surface area contributed by atoms with E-state index in [0.717, 1.165) is 10.8 Å². The molecule has 2 rings (SSSR count). The van der Waals surface area contributed by atoms with Crippen molar-refractivity contribution in [2.75, 3.05) is 6.61 Å². The molecule has 0 aliphatic heterocycles. The van der Waals surface area contributed by atoms with Gasteiger partial charge in [0.1, 0.15) is 11.6 Å². The van der Waals surface area contributed by atoms with Gasteiger partial charge in [-0.25, -0.2) is 4.79 Å². The fourth-order valence-corrected chi connectivity index (χ4v) is 1.94. The number of alkyl carbamates (subject to hydrolysis) is 1. The SMILES string of the molecule is CCOC(=O)NC(=O)/C(C#N)=C\c1ccc2ccccc2c1. The Morgan fingerprint density at radius 3 is 2.64 bits per heavy atom. The number of nitrogens with zero attached hydrogens (tertiary/aromatic N) is 1. The molecule has 0 atom stereocenters. The maximum absolute atomic E-state index is 11.8. The van der Waals surface area contributed by atoms with Gasteiger partial charge in [0.05, 0.1) is 6.61 Å². The van der Waals surface area contributed by atoms with E-state index in [9.17, 15) is 9.59 Å². The van der Waals surface area contributed by atoms with Gasteiger partial charge in [0.25, 0.3) is 5.91 Å². The van der Waals surface area contributed by atoms with Crippen LogP contribution in [0, 0.1) is 11.3 Å². The normalized spacial score (nSPS) is 10.8. The number of carbonyl (C=O) groups is 2. The Balaban J connectivity index is 2.25. The molecule has 0 saturated heterocycles. The molecule has 0 bridgehead atoms. The van der Waals surface area contributed by atoms with Crippen LogP contribution >= 0.6 is 0 Å². The molecule has 0 spiro atoms. The second-order valence-corrected chi connectivity index (χ2v) is 4.45. The van der Waals surface area contributed by atoms with Gasteiger partial charge >= 0.3 is 6.09 Å². The Morgan fingerprint density at radius 2 is 1.95 bits per heavy atom. The predicted molar refractivity (Wildman–Crippen MR) is 82.7 cm³/mol. The van der Waals surface area contributed by atoms with Crippen LogP contribution in [0.5, 0.6) is 0 Å². The molecule has 2 aromatic rings. The first-order valence-corrected chi connectivity index (χ1v) is 6.72. The number of benzene rings is 2. The Labute approximate surface area is 127 Å². The van der Waals surface area contributed by atoms with Gasteiger partial charge in [-0.1, -0.05) is 36.4 Å². The lowest BCUT2D eigenvalue weighted by atomic mass is 10.1. The largest absolute Gasteiger partial charge is 0.450 e. The number of hydrogen-bond acceptors (Lipinski definition) is 4. The molecule has 22 heavy (non-hydrogen) atoms. The fourth-order valence-electron chi connectivity index (χ4n) is 1.94. The van der Waals surface area contributed by atoms with Crippen molar-refractivity contribution in [2.45, 2.75) is 6.92 Å². The van der Waals surface area contributed by atoms with Crippen molar-refractivity contribution in [1.82, 2.24) is 5.32 Å². The summed E-state index contributed by atoms with van der Waals surface area (Å²) in [5.41, 5.74) is 0.539. The predicted octanol–water partition coefficient (Wildman–Crippen LogP) is 3.02. The Hall–Kier alpha value is -3.13. The van der Waals surface area contributed by atoms with E-state index in [1.54, 1.807) is 19.1 Å². The molecule has 2 aromatic carbocycles. The van der Waals surface area contributed by atoms with E-state index in [1.807, 2.05) is 41.7 Å². The monoisotopic (exact) mass is 294 g/mol. The van der Waals surface area contributed by atoms with Crippen molar-refractivity contribution in [3.8, 4) is 6.07 Å². The number of hydrogen-bond donors (Lipinski definition) is 1. The van der Waals surface area contributed by atoms with Crippen molar-refractivity contribution >= 4 is 28.8 Å². The molecule has 2 amide bonds. The van der Waals surface area contributed by atoms with Gasteiger partial charge in [-0.2, -0.15) is 5.26 Å². The highest BCUT2D eigenvalue weighted by molar-refractivity contribution is 6.08. The average Bonchev–Trinajstić information content (AvgIpc) is 2.52. The Bertz CT molecular complexity index is 788. The molecule has 1 N–H and O–H groups in total. The summed E-state index contributed by atoms with van der Waals surface area (Å²) in [7, 11) is 0. The summed E-state index contributed by atoms with van der Waals surface area (Å²) in [6.07, 6.45) is 0.563. The van der Waals surface area contributed by atoms with Crippen LogP contribution in [0.15, 0.2) is 48.0 Å². The molecular formula is C17H14N2O3. The summed E-state index contributed by atoms with van der Waals surface area (Å²) >= 11 is 0. The van der Waals surface area contributed by atoms with Crippen LogP contribution in [0.3, 0.4) is 0 Å². The lowest BCUT2D eigenvalue weighted by Gasteiger charge is -2.03. The summed E-state index contributed by atoms with van der Waals surface area (Å²) in [4.78, 5) is 23.0. The minimum Gasteiger partial charge on any atom is -0.450 e. The highest BCUT2D eigenvalue weighted by atomic mass is 16.5. The number of amides is 2. The van der Waals surface area contributed by atoms with Crippen LogP contribution in [0.2, 0.25) is 0 Å². The van der Waals surface area contributed by atoms with Gasteiger partial charge in [-0.05, 0) is 35.4 Å². The zero-order valence-electron chi connectivity index (χ0n) is 12.0. The molecule has 110 valence electrons. The number of nitriles is 1. The van der Waals surface area contributed by atoms with E-state index in [2.05, 4.69) is 4.74 Å². The van der Waals surface area contributed by atoms with Crippen molar-refractivity contribution in [2.24, 2.45) is 0 Å². The Kier molecular flexibility index (Phi) is 4.89. The number of fused-ring (bicyclic) bond motifs is 1. The maximum Gasteiger partial charge on any atom is 0.414 e. The van der Waals surface area contributed by atoms with Crippen molar-refractivity contribution in [3.63, 3.8) is 0 Å². The first-order valence-electron chi connectivity index (χ1n) is 6.72. The van der Waals surface area contributed by atoms with Crippen LogP contribution in [0.4, 0.5) is 4.79 Å². The molecule has 0 aliphatic carbocycles. The van der Waals surface area contributed by atoms with E-state index in [1.165, 1.54) is 6.08 Å². The molecule has 0 radical (unpaired) electrons. The standard InChI is InChI=1S/C17H14N2O3/c1-2-22-17(21)19-16(20)15(11-18)10-12-7-8-13-5-3-4-6-14(13)9-12/h3-10H,2H2,1H3,(H,19,20,21)/b15-10-. The Morgan fingerprint density at radius 1 is 1.23 bits per heavy atom. The quantitative estimate of drug-likeness (QED) is 0.697. The van der Waals surface area contributed by atoms with Gasteiger partial charge in [-0.3, -0.25) is 10.1 Å². The van der Waals surface area contributed by atoms with Gasteiger partial charge < -0.3 is 4.74 Å². The van der Waals surface area contributed by atoms with E-state index in [0.29, 0.717) is 5.56 Å². The molecular weight excluding hydrogens is 280 g/mol. The average molecular weight is 294 g/mol. The highest BCUT2D eigenvalue weighted by Gasteiger charge is 2.13.